The molecule has 0 saturated carbocycles. The van der Waals surface area contributed by atoms with Gasteiger partial charge < -0.3 is 10.1 Å². The summed E-state index contributed by atoms with van der Waals surface area (Å²) in [5.41, 5.74) is 1.43. The second-order valence-corrected chi connectivity index (χ2v) is 4.18. The molecule has 0 unspecified atom stereocenters. The first-order chi connectivity index (χ1) is 8.65. The number of hydrogen-bond acceptors (Lipinski definition) is 5. The van der Waals surface area contributed by atoms with Crippen LogP contribution in [-0.2, 0) is 0 Å². The van der Waals surface area contributed by atoms with Gasteiger partial charge in [-0.2, -0.15) is 0 Å². The molecule has 0 aliphatic carbocycles. The van der Waals surface area contributed by atoms with E-state index in [4.69, 9.17) is 4.74 Å². The zero-order chi connectivity index (χ0) is 13.0. The molecule has 18 heavy (non-hydrogen) atoms. The summed E-state index contributed by atoms with van der Waals surface area (Å²) in [7, 11) is 0. The second kappa shape index (κ2) is 5.48. The van der Waals surface area contributed by atoms with Gasteiger partial charge in [0.1, 0.15) is 17.6 Å². The van der Waals surface area contributed by atoms with Crippen LogP contribution in [0.1, 0.15) is 18.5 Å². The minimum Gasteiger partial charge on any atom is -0.482 e. The molecule has 0 amide bonds. The highest BCUT2D eigenvalue weighted by Gasteiger charge is 2.23. The van der Waals surface area contributed by atoms with Crippen LogP contribution in [0.5, 0.6) is 5.75 Å². The van der Waals surface area contributed by atoms with Crippen molar-refractivity contribution in [3.63, 3.8) is 0 Å². The fourth-order valence-electron chi connectivity index (χ4n) is 1.84. The van der Waals surface area contributed by atoms with E-state index in [-0.39, 0.29) is 6.10 Å². The smallest absolute Gasteiger partial charge is 0.257 e. The third kappa shape index (κ3) is 3.19. The van der Waals surface area contributed by atoms with Crippen LogP contribution in [0.15, 0.2) is 30.2 Å². The normalized spacial score (nSPS) is 21.4. The minimum absolute atomic E-state index is 0.298. The molecule has 0 radical (unpaired) electrons. The lowest BCUT2D eigenvalue weighted by Crippen LogP contribution is -2.35. The van der Waals surface area contributed by atoms with E-state index >= 15 is 0 Å². The predicted octanol–water partition coefficient (Wildman–Crippen LogP) is 1.64. The Labute approximate surface area is 105 Å². The first-order valence-electron chi connectivity index (χ1n) is 5.83. The quantitative estimate of drug-likeness (QED) is 0.651. The first kappa shape index (κ1) is 12.3. The van der Waals surface area contributed by atoms with Crippen molar-refractivity contribution in [2.24, 2.45) is 0 Å². The fourth-order valence-corrected chi connectivity index (χ4v) is 1.84. The van der Waals surface area contributed by atoms with E-state index in [0.29, 0.717) is 11.4 Å². The molecular weight excluding hydrogens is 234 g/mol. The summed E-state index contributed by atoms with van der Waals surface area (Å²) in [6.07, 6.45) is 4.01. The van der Waals surface area contributed by atoms with Crippen LogP contribution in [0.3, 0.4) is 0 Å². The van der Waals surface area contributed by atoms with E-state index in [1.807, 2.05) is 19.1 Å². The van der Waals surface area contributed by atoms with E-state index < -0.39 is 4.92 Å². The topological polar surface area (TPSA) is 77.3 Å². The highest BCUT2D eigenvalue weighted by Crippen LogP contribution is 2.20. The lowest BCUT2D eigenvalue weighted by atomic mass is 10.1. The van der Waals surface area contributed by atoms with Gasteiger partial charge in [0.2, 0.25) is 0 Å². The fraction of sp³-hybridized carbons (Fsp3) is 0.417. The number of ether oxygens (including phenoxy) is 1. The molecule has 0 bridgehead atoms. The largest absolute Gasteiger partial charge is 0.482 e. The van der Waals surface area contributed by atoms with Gasteiger partial charge in [-0.05, 0) is 31.9 Å². The summed E-state index contributed by atoms with van der Waals surface area (Å²) in [5, 5.41) is 13.5. The van der Waals surface area contributed by atoms with Gasteiger partial charge in [0.15, 0.2) is 0 Å². The molecule has 96 valence electrons. The van der Waals surface area contributed by atoms with Crippen LogP contribution >= 0.6 is 0 Å². The number of nitrogens with one attached hydrogen (secondary N) is 1. The van der Waals surface area contributed by atoms with Crippen molar-refractivity contribution >= 4 is 0 Å². The van der Waals surface area contributed by atoms with Gasteiger partial charge in [-0.1, -0.05) is 0 Å². The molecule has 1 aliphatic rings. The van der Waals surface area contributed by atoms with Gasteiger partial charge in [0.05, 0.1) is 11.1 Å². The zero-order valence-electron chi connectivity index (χ0n) is 10.1. The maximum absolute atomic E-state index is 10.5. The summed E-state index contributed by atoms with van der Waals surface area (Å²) in [6.45, 7) is 2.63. The molecule has 1 atom stereocenters. The van der Waals surface area contributed by atoms with Crippen molar-refractivity contribution < 1.29 is 9.66 Å². The van der Waals surface area contributed by atoms with E-state index in [9.17, 15) is 10.1 Å². The standard InChI is InChI=1S/C12H15N3O3/c1-9-4-5-10(7-14-9)18-12-3-2-6-13-11(12)8-15(16)17/h4-5,7-8,12-13H,2-3,6H2,1H3/b11-8-/t12-/m1/s1. The number of aryl methyl sites for hydroxylation is 1. The molecule has 1 saturated heterocycles. The van der Waals surface area contributed by atoms with Crippen molar-refractivity contribution in [1.82, 2.24) is 10.3 Å². The van der Waals surface area contributed by atoms with E-state index in [1.54, 1.807) is 6.20 Å². The van der Waals surface area contributed by atoms with Crippen molar-refractivity contribution in [3.8, 4) is 5.75 Å². The highest BCUT2D eigenvalue weighted by molar-refractivity contribution is 5.21. The number of pyridine rings is 1. The van der Waals surface area contributed by atoms with E-state index in [1.165, 1.54) is 0 Å². The number of hydrogen-bond donors (Lipinski definition) is 1. The summed E-state index contributed by atoms with van der Waals surface area (Å²) in [6, 6.07) is 3.67. The second-order valence-electron chi connectivity index (χ2n) is 4.18. The van der Waals surface area contributed by atoms with Gasteiger partial charge >= 0.3 is 0 Å². The Morgan fingerprint density at radius 3 is 3.11 bits per heavy atom. The molecule has 1 fully saturated rings. The van der Waals surface area contributed by atoms with Crippen LogP contribution in [-0.4, -0.2) is 22.6 Å². The molecule has 1 aliphatic heterocycles. The van der Waals surface area contributed by atoms with E-state index in [0.717, 1.165) is 31.3 Å². The van der Waals surface area contributed by atoms with Crippen LogP contribution in [0.25, 0.3) is 0 Å². The monoisotopic (exact) mass is 249 g/mol. The van der Waals surface area contributed by atoms with Crippen LogP contribution < -0.4 is 10.1 Å². The van der Waals surface area contributed by atoms with Crippen LogP contribution in [0, 0.1) is 17.0 Å². The molecule has 2 rings (SSSR count). The molecule has 6 heteroatoms. The summed E-state index contributed by atoms with van der Waals surface area (Å²) >= 11 is 0. The van der Waals surface area contributed by atoms with Crippen LogP contribution in [0.4, 0.5) is 0 Å². The molecule has 2 heterocycles. The van der Waals surface area contributed by atoms with Crippen molar-refractivity contribution in [2.45, 2.75) is 25.9 Å². The average molecular weight is 249 g/mol. The lowest BCUT2D eigenvalue weighted by molar-refractivity contribution is -0.404. The number of aromatic nitrogens is 1. The lowest BCUT2D eigenvalue weighted by Gasteiger charge is -2.25. The maximum Gasteiger partial charge on any atom is 0.257 e. The Bertz CT molecular complexity index is 456. The molecular formula is C12H15N3O3. The molecule has 1 aromatic rings. The number of piperidine rings is 1. The van der Waals surface area contributed by atoms with Crippen molar-refractivity contribution in [2.75, 3.05) is 6.54 Å². The minimum atomic E-state index is -0.461. The Morgan fingerprint density at radius 2 is 2.44 bits per heavy atom. The van der Waals surface area contributed by atoms with Gasteiger partial charge in [0, 0.05) is 12.2 Å². The number of rotatable bonds is 3. The van der Waals surface area contributed by atoms with E-state index in [2.05, 4.69) is 10.3 Å². The summed E-state index contributed by atoms with van der Waals surface area (Å²) < 4.78 is 5.73. The Balaban J connectivity index is 2.10. The Morgan fingerprint density at radius 1 is 1.61 bits per heavy atom. The van der Waals surface area contributed by atoms with Crippen LogP contribution in [0.2, 0.25) is 0 Å². The third-order valence-corrected chi connectivity index (χ3v) is 2.73. The van der Waals surface area contributed by atoms with Gasteiger partial charge in [-0.3, -0.25) is 15.1 Å². The number of nitrogens with zero attached hydrogens (tertiary/aromatic N) is 2. The molecule has 0 aromatic carbocycles. The van der Waals surface area contributed by atoms with Gasteiger partial charge in [0.25, 0.3) is 6.20 Å². The molecule has 1 N–H and O–H groups in total. The van der Waals surface area contributed by atoms with Gasteiger partial charge in [-0.15, -0.1) is 0 Å². The predicted molar refractivity (Wildman–Crippen MR) is 65.7 cm³/mol. The molecule has 6 nitrogen and oxygen atoms in total. The summed E-state index contributed by atoms with van der Waals surface area (Å²) in [5.74, 6) is 0.628. The number of nitro groups is 1. The Kier molecular flexibility index (Phi) is 3.76. The molecule has 0 spiro atoms. The molecule has 1 aromatic heterocycles. The van der Waals surface area contributed by atoms with Gasteiger partial charge in [-0.25, -0.2) is 0 Å². The SMILES string of the molecule is Cc1ccc(O[C@@H]2CCCN/C2=C\[N+](=O)[O-])cn1. The maximum atomic E-state index is 10.5. The summed E-state index contributed by atoms with van der Waals surface area (Å²) in [4.78, 5) is 14.2. The average Bonchev–Trinajstić information content (AvgIpc) is 2.34. The third-order valence-electron chi connectivity index (χ3n) is 2.73. The highest BCUT2D eigenvalue weighted by atomic mass is 16.6. The Hall–Kier alpha value is -2.11. The van der Waals surface area contributed by atoms with Crippen molar-refractivity contribution in [1.29, 1.82) is 0 Å². The zero-order valence-corrected chi connectivity index (χ0v) is 10.1. The van der Waals surface area contributed by atoms with Crippen molar-refractivity contribution in [3.05, 3.63) is 46.0 Å². The first-order valence-corrected chi connectivity index (χ1v) is 5.83.